The third kappa shape index (κ3) is 3.29. The summed E-state index contributed by atoms with van der Waals surface area (Å²) in [6.45, 7) is 8.25. The first-order chi connectivity index (χ1) is 8.25. The maximum atomic E-state index is 11.9. The van der Waals surface area contributed by atoms with Crippen LogP contribution in [0.5, 0.6) is 0 Å². The molecule has 0 aliphatic heterocycles. The van der Waals surface area contributed by atoms with Crippen LogP contribution in [0, 0.1) is 0 Å². The number of carboxylic acids is 1. The van der Waals surface area contributed by atoms with Crippen LogP contribution >= 0.6 is 0 Å². The largest absolute Gasteiger partial charge is 0.478 e. The van der Waals surface area contributed by atoms with Crippen LogP contribution in [0.1, 0.15) is 39.0 Å². The molecule has 1 aromatic heterocycles. The van der Waals surface area contributed by atoms with Crippen molar-refractivity contribution in [1.29, 1.82) is 0 Å². The molecule has 0 saturated heterocycles. The van der Waals surface area contributed by atoms with Gasteiger partial charge >= 0.3 is 5.97 Å². The van der Waals surface area contributed by atoms with Crippen molar-refractivity contribution in [3.05, 3.63) is 33.8 Å². The van der Waals surface area contributed by atoms with Gasteiger partial charge < -0.3 is 5.11 Å². The summed E-state index contributed by atoms with van der Waals surface area (Å²) in [5.41, 5.74) is 0.632. The van der Waals surface area contributed by atoms with Gasteiger partial charge in [-0.15, -0.1) is 0 Å². The number of aliphatic carboxylic acids is 1. The van der Waals surface area contributed by atoms with E-state index in [4.69, 9.17) is 5.11 Å². The number of hydrogen-bond donors (Lipinski definition) is 1. The third-order valence-corrected chi connectivity index (χ3v) is 2.48. The molecule has 5 heteroatoms. The number of aromatic nitrogens is 2. The zero-order chi connectivity index (χ0) is 13.9. The number of hydrogen-bond acceptors (Lipinski definition) is 3. The molecule has 0 fully saturated rings. The fourth-order valence-corrected chi connectivity index (χ4v) is 1.42. The van der Waals surface area contributed by atoms with Crippen LogP contribution in [0.3, 0.4) is 0 Å². The minimum Gasteiger partial charge on any atom is -0.478 e. The van der Waals surface area contributed by atoms with Crippen molar-refractivity contribution in [1.82, 2.24) is 9.78 Å². The van der Waals surface area contributed by atoms with E-state index in [0.717, 1.165) is 11.8 Å². The molecule has 5 nitrogen and oxygen atoms in total. The summed E-state index contributed by atoms with van der Waals surface area (Å²) in [6, 6.07) is 1.65. The van der Waals surface area contributed by atoms with Gasteiger partial charge in [-0.2, -0.15) is 5.10 Å². The second-order valence-electron chi connectivity index (χ2n) is 5.03. The molecule has 0 bridgehead atoms. The molecular weight excluding hydrogens is 232 g/mol. The lowest BCUT2D eigenvalue weighted by Gasteiger charge is -2.19. The Kier molecular flexibility index (Phi) is 4.06. The fraction of sp³-hybridized carbons (Fsp3) is 0.462. The number of rotatable bonds is 3. The van der Waals surface area contributed by atoms with Crippen LogP contribution in [0.4, 0.5) is 0 Å². The Balaban J connectivity index is 3.41. The van der Waals surface area contributed by atoms with E-state index in [-0.39, 0.29) is 11.0 Å². The Bertz CT molecular complexity index is 536. The second-order valence-corrected chi connectivity index (χ2v) is 5.03. The first kappa shape index (κ1) is 14.2. The topological polar surface area (TPSA) is 72.2 Å². The summed E-state index contributed by atoms with van der Waals surface area (Å²) in [5, 5.41) is 12.9. The quantitative estimate of drug-likeness (QED) is 0.828. The summed E-state index contributed by atoms with van der Waals surface area (Å²) < 4.78 is 1.35. The monoisotopic (exact) mass is 250 g/mol. The molecule has 1 aromatic rings. The third-order valence-electron chi connectivity index (χ3n) is 2.48. The number of carbonyl (C=O) groups is 1. The van der Waals surface area contributed by atoms with Crippen molar-refractivity contribution in [2.45, 2.75) is 39.7 Å². The predicted octanol–water partition coefficient (Wildman–Crippen LogP) is 1.66. The van der Waals surface area contributed by atoms with E-state index in [0.29, 0.717) is 12.1 Å². The van der Waals surface area contributed by atoms with E-state index in [1.807, 2.05) is 27.7 Å². The molecule has 0 aromatic carbocycles. The average molecular weight is 250 g/mol. The second kappa shape index (κ2) is 5.16. The van der Waals surface area contributed by atoms with Gasteiger partial charge in [-0.25, -0.2) is 9.48 Å². The van der Waals surface area contributed by atoms with Crippen molar-refractivity contribution in [3.8, 4) is 0 Å². The van der Waals surface area contributed by atoms with Crippen LogP contribution in [-0.2, 0) is 16.8 Å². The van der Waals surface area contributed by atoms with Crippen molar-refractivity contribution >= 4 is 12.0 Å². The van der Waals surface area contributed by atoms with Crippen molar-refractivity contribution in [2.75, 3.05) is 0 Å². The van der Waals surface area contributed by atoms with Crippen LogP contribution in [-0.4, -0.2) is 20.9 Å². The number of carboxylic acid groups (broad SMARTS) is 1. The van der Waals surface area contributed by atoms with E-state index in [2.05, 4.69) is 5.10 Å². The fourth-order valence-electron chi connectivity index (χ4n) is 1.42. The summed E-state index contributed by atoms with van der Waals surface area (Å²) in [4.78, 5) is 22.5. The highest BCUT2D eigenvalue weighted by Gasteiger charge is 2.18. The molecule has 98 valence electrons. The molecule has 1 heterocycles. The summed E-state index contributed by atoms with van der Waals surface area (Å²) in [5.74, 6) is -1.08. The first-order valence-corrected chi connectivity index (χ1v) is 5.79. The van der Waals surface area contributed by atoms with Gasteiger partial charge in [0.2, 0.25) is 0 Å². The molecule has 0 amide bonds. The lowest BCUT2D eigenvalue weighted by Crippen LogP contribution is -2.28. The van der Waals surface area contributed by atoms with Crippen molar-refractivity contribution in [3.63, 3.8) is 0 Å². The molecule has 18 heavy (non-hydrogen) atoms. The van der Waals surface area contributed by atoms with E-state index in [1.165, 1.54) is 10.8 Å². The lowest BCUT2D eigenvalue weighted by molar-refractivity contribution is -0.131. The Morgan fingerprint density at radius 1 is 1.50 bits per heavy atom. The first-order valence-electron chi connectivity index (χ1n) is 5.79. The molecule has 1 N–H and O–H groups in total. The van der Waals surface area contributed by atoms with E-state index >= 15 is 0 Å². The maximum Gasteiger partial charge on any atom is 0.328 e. The summed E-state index contributed by atoms with van der Waals surface area (Å²) >= 11 is 0. The Morgan fingerprint density at radius 3 is 2.56 bits per heavy atom. The van der Waals surface area contributed by atoms with Crippen LogP contribution in [0.2, 0.25) is 0 Å². The molecule has 0 aliphatic rings. The van der Waals surface area contributed by atoms with E-state index in [1.54, 1.807) is 6.07 Å². The van der Waals surface area contributed by atoms with Gasteiger partial charge in [-0.3, -0.25) is 4.79 Å². The summed E-state index contributed by atoms with van der Waals surface area (Å²) in [7, 11) is 0. The number of nitrogens with zero attached hydrogens (tertiary/aromatic N) is 2. The van der Waals surface area contributed by atoms with Gasteiger partial charge in [-0.05, 0) is 19.1 Å². The zero-order valence-electron chi connectivity index (χ0n) is 11.1. The molecule has 0 aliphatic carbocycles. The Labute approximate surface area is 106 Å². The van der Waals surface area contributed by atoms with Gasteiger partial charge in [0.05, 0.1) is 5.69 Å². The molecule has 0 spiro atoms. The normalized spacial score (nSPS) is 12.0. The standard InChI is InChI=1S/C13H18N2O3/c1-5-15-12(18)9(6-7-11(16)17)8-10(14-15)13(2,3)4/h6-8H,5H2,1-4H3,(H,16,17)/b7-6+. The predicted molar refractivity (Wildman–Crippen MR) is 69.5 cm³/mol. The highest BCUT2D eigenvalue weighted by Crippen LogP contribution is 2.19. The van der Waals surface area contributed by atoms with Gasteiger partial charge in [0, 0.05) is 23.6 Å². The highest BCUT2D eigenvalue weighted by molar-refractivity contribution is 5.85. The van der Waals surface area contributed by atoms with Gasteiger partial charge in [-0.1, -0.05) is 20.8 Å². The molecule has 0 unspecified atom stereocenters. The van der Waals surface area contributed by atoms with E-state index < -0.39 is 5.97 Å². The SMILES string of the molecule is CCn1nc(C(C)(C)C)cc(/C=C/C(=O)O)c1=O. The van der Waals surface area contributed by atoms with Crippen molar-refractivity contribution in [2.24, 2.45) is 0 Å². The van der Waals surface area contributed by atoms with E-state index in [9.17, 15) is 9.59 Å². The van der Waals surface area contributed by atoms with Crippen molar-refractivity contribution < 1.29 is 9.90 Å². The minimum atomic E-state index is -1.08. The Morgan fingerprint density at radius 2 is 2.11 bits per heavy atom. The number of aryl methyl sites for hydroxylation is 1. The Hall–Kier alpha value is -1.91. The highest BCUT2D eigenvalue weighted by atomic mass is 16.4. The minimum absolute atomic E-state index is 0.198. The van der Waals surface area contributed by atoms with Crippen LogP contribution in [0.25, 0.3) is 6.08 Å². The average Bonchev–Trinajstić information content (AvgIpc) is 2.26. The maximum absolute atomic E-state index is 11.9. The molecule has 1 rings (SSSR count). The summed E-state index contributed by atoms with van der Waals surface area (Å²) in [6.07, 6.45) is 2.27. The molecule has 0 atom stereocenters. The van der Waals surface area contributed by atoms with Gasteiger partial charge in [0.25, 0.3) is 5.56 Å². The van der Waals surface area contributed by atoms with Gasteiger partial charge in [0.1, 0.15) is 0 Å². The smallest absolute Gasteiger partial charge is 0.328 e. The lowest BCUT2D eigenvalue weighted by atomic mass is 9.91. The molecule has 0 radical (unpaired) electrons. The van der Waals surface area contributed by atoms with Gasteiger partial charge in [0.15, 0.2) is 0 Å². The molecular formula is C13H18N2O3. The zero-order valence-corrected chi connectivity index (χ0v) is 11.1. The van der Waals surface area contributed by atoms with Crippen LogP contribution in [0.15, 0.2) is 16.9 Å². The molecule has 0 saturated carbocycles. The van der Waals surface area contributed by atoms with Crippen LogP contribution < -0.4 is 5.56 Å².